The summed E-state index contributed by atoms with van der Waals surface area (Å²) in [6.45, 7) is 11.2. The van der Waals surface area contributed by atoms with E-state index in [1.54, 1.807) is 0 Å². The largest absolute Gasteiger partial charge is 0.385 e. The molecule has 1 heterocycles. The molecular weight excluding hydrogens is 248 g/mol. The van der Waals surface area contributed by atoms with E-state index in [4.69, 9.17) is 0 Å². The lowest BCUT2D eigenvalue weighted by atomic mass is 9.91. The second kappa shape index (κ2) is 6.29. The summed E-state index contributed by atoms with van der Waals surface area (Å²) < 4.78 is 0. The van der Waals surface area contributed by atoms with E-state index < -0.39 is 0 Å². The third kappa shape index (κ3) is 3.33. The molecule has 1 aromatic rings. The molecule has 2 rings (SSSR count). The summed E-state index contributed by atoms with van der Waals surface area (Å²) >= 11 is 0. The highest BCUT2D eigenvalue weighted by Crippen LogP contribution is 2.24. The lowest BCUT2D eigenvalue weighted by Crippen LogP contribution is -2.42. The zero-order chi connectivity index (χ0) is 14.7. The zero-order valence-electron chi connectivity index (χ0n) is 13.1. The minimum atomic E-state index is 0.184. The van der Waals surface area contributed by atoms with Gasteiger partial charge >= 0.3 is 0 Å². The Morgan fingerprint density at radius 3 is 2.50 bits per heavy atom. The van der Waals surface area contributed by atoms with Crippen molar-refractivity contribution in [3.05, 3.63) is 29.3 Å². The zero-order valence-corrected chi connectivity index (χ0v) is 13.1. The summed E-state index contributed by atoms with van der Waals surface area (Å²) in [5, 5.41) is 3.28. The molecule has 2 unspecified atom stereocenters. The molecule has 1 amide bonds. The first-order valence-electron chi connectivity index (χ1n) is 7.65. The first-order chi connectivity index (χ1) is 9.51. The fourth-order valence-corrected chi connectivity index (χ4v) is 3.22. The summed E-state index contributed by atoms with van der Waals surface area (Å²) in [7, 11) is 0. The summed E-state index contributed by atoms with van der Waals surface area (Å²) in [5.41, 5.74) is 2.98. The maximum atomic E-state index is 12.7. The quantitative estimate of drug-likeness (QED) is 0.914. The highest BCUT2D eigenvalue weighted by Gasteiger charge is 2.26. The molecule has 20 heavy (non-hydrogen) atoms. The van der Waals surface area contributed by atoms with E-state index in [1.807, 2.05) is 24.0 Å². The van der Waals surface area contributed by atoms with E-state index in [1.165, 1.54) is 6.42 Å². The smallest absolute Gasteiger partial charge is 0.254 e. The van der Waals surface area contributed by atoms with Crippen molar-refractivity contribution in [3.63, 3.8) is 0 Å². The average molecular weight is 274 g/mol. The van der Waals surface area contributed by atoms with Crippen LogP contribution in [-0.4, -0.2) is 30.4 Å². The van der Waals surface area contributed by atoms with E-state index >= 15 is 0 Å². The van der Waals surface area contributed by atoms with Crippen LogP contribution in [0.1, 0.15) is 43.1 Å². The van der Waals surface area contributed by atoms with Crippen LogP contribution in [0, 0.1) is 18.8 Å². The van der Waals surface area contributed by atoms with Crippen LogP contribution >= 0.6 is 0 Å². The van der Waals surface area contributed by atoms with Crippen molar-refractivity contribution in [2.24, 2.45) is 11.8 Å². The number of nitrogens with one attached hydrogen (secondary N) is 1. The first-order valence-corrected chi connectivity index (χ1v) is 7.65. The third-order valence-corrected chi connectivity index (χ3v) is 3.99. The summed E-state index contributed by atoms with van der Waals surface area (Å²) in [6, 6.07) is 6.02. The Bertz CT molecular complexity index is 474. The van der Waals surface area contributed by atoms with Crippen LogP contribution in [-0.2, 0) is 0 Å². The molecular formula is C17H26N2O. The van der Waals surface area contributed by atoms with Gasteiger partial charge in [0.25, 0.3) is 5.91 Å². The van der Waals surface area contributed by atoms with Gasteiger partial charge in [0.05, 0.1) is 0 Å². The number of amides is 1. The number of rotatable bonds is 3. The van der Waals surface area contributed by atoms with Crippen LogP contribution in [0.3, 0.4) is 0 Å². The van der Waals surface area contributed by atoms with Crippen molar-refractivity contribution in [2.45, 2.75) is 34.1 Å². The molecule has 1 aliphatic heterocycles. The molecule has 2 atom stereocenters. The number of benzene rings is 1. The van der Waals surface area contributed by atoms with Crippen LogP contribution in [0.25, 0.3) is 0 Å². The Morgan fingerprint density at radius 1 is 1.30 bits per heavy atom. The fraction of sp³-hybridized carbons (Fsp3) is 0.588. The standard InChI is InChI=1S/C17H26N2O/c1-5-18-15-6-7-16(14(4)9-15)17(20)19-10-12(2)8-13(3)11-19/h6-7,9,12-13,18H,5,8,10-11H2,1-4H3. The van der Waals surface area contributed by atoms with E-state index in [0.29, 0.717) is 11.8 Å². The maximum absolute atomic E-state index is 12.7. The Morgan fingerprint density at radius 2 is 1.95 bits per heavy atom. The van der Waals surface area contributed by atoms with E-state index in [-0.39, 0.29) is 5.91 Å². The number of hydrogen-bond acceptors (Lipinski definition) is 2. The molecule has 3 nitrogen and oxygen atoms in total. The predicted molar refractivity (Wildman–Crippen MR) is 84.2 cm³/mol. The number of carbonyl (C=O) groups excluding carboxylic acids is 1. The van der Waals surface area contributed by atoms with Gasteiger partial charge in [0.2, 0.25) is 0 Å². The minimum absolute atomic E-state index is 0.184. The Hall–Kier alpha value is -1.51. The van der Waals surface area contributed by atoms with Gasteiger partial charge in [0.15, 0.2) is 0 Å². The summed E-state index contributed by atoms with van der Waals surface area (Å²) in [6.07, 6.45) is 1.22. The number of piperidine rings is 1. The SMILES string of the molecule is CCNc1ccc(C(=O)N2CC(C)CC(C)C2)c(C)c1. The number of carbonyl (C=O) groups is 1. The fourth-order valence-electron chi connectivity index (χ4n) is 3.22. The second-order valence-electron chi connectivity index (χ2n) is 6.22. The van der Waals surface area contributed by atoms with Gasteiger partial charge in [-0.3, -0.25) is 4.79 Å². The van der Waals surface area contributed by atoms with Crippen molar-refractivity contribution in [1.82, 2.24) is 4.90 Å². The minimum Gasteiger partial charge on any atom is -0.385 e. The molecule has 1 aliphatic rings. The topological polar surface area (TPSA) is 32.3 Å². The van der Waals surface area contributed by atoms with Crippen LogP contribution in [0.5, 0.6) is 0 Å². The molecule has 0 saturated carbocycles. The van der Waals surface area contributed by atoms with Crippen LogP contribution in [0.2, 0.25) is 0 Å². The Balaban J connectivity index is 2.16. The lowest BCUT2D eigenvalue weighted by molar-refractivity contribution is 0.0622. The highest BCUT2D eigenvalue weighted by molar-refractivity contribution is 5.96. The van der Waals surface area contributed by atoms with Gasteiger partial charge in [-0.15, -0.1) is 0 Å². The van der Waals surface area contributed by atoms with Crippen LogP contribution in [0.15, 0.2) is 18.2 Å². The summed E-state index contributed by atoms with van der Waals surface area (Å²) in [4.78, 5) is 14.7. The number of nitrogens with zero attached hydrogens (tertiary/aromatic N) is 1. The van der Waals surface area contributed by atoms with E-state index in [2.05, 4.69) is 32.2 Å². The Kier molecular flexibility index (Phi) is 4.69. The molecule has 110 valence electrons. The highest BCUT2D eigenvalue weighted by atomic mass is 16.2. The summed E-state index contributed by atoms with van der Waals surface area (Å²) in [5.74, 6) is 1.39. The molecule has 1 saturated heterocycles. The lowest BCUT2D eigenvalue weighted by Gasteiger charge is -2.35. The van der Waals surface area contributed by atoms with Crippen molar-refractivity contribution in [2.75, 3.05) is 25.0 Å². The van der Waals surface area contributed by atoms with Gasteiger partial charge < -0.3 is 10.2 Å². The number of anilines is 1. The van der Waals surface area contributed by atoms with Gasteiger partial charge in [-0.1, -0.05) is 13.8 Å². The van der Waals surface area contributed by atoms with Gasteiger partial charge in [-0.2, -0.15) is 0 Å². The van der Waals surface area contributed by atoms with Crippen molar-refractivity contribution >= 4 is 11.6 Å². The molecule has 0 radical (unpaired) electrons. The molecule has 1 N–H and O–H groups in total. The van der Waals surface area contributed by atoms with Gasteiger partial charge in [0.1, 0.15) is 0 Å². The van der Waals surface area contributed by atoms with Crippen molar-refractivity contribution in [1.29, 1.82) is 0 Å². The normalized spacial score (nSPS) is 22.7. The molecule has 0 aromatic heterocycles. The monoisotopic (exact) mass is 274 g/mol. The van der Waals surface area contributed by atoms with Gasteiger partial charge in [0, 0.05) is 30.9 Å². The molecule has 0 spiro atoms. The molecule has 3 heteroatoms. The average Bonchev–Trinajstić information content (AvgIpc) is 2.37. The number of aryl methyl sites for hydroxylation is 1. The second-order valence-corrected chi connectivity index (χ2v) is 6.22. The number of likely N-dealkylation sites (tertiary alicyclic amines) is 1. The molecule has 0 bridgehead atoms. The predicted octanol–water partition coefficient (Wildman–Crippen LogP) is 3.54. The van der Waals surface area contributed by atoms with Crippen molar-refractivity contribution < 1.29 is 4.79 Å². The Labute approximate surface area is 122 Å². The van der Waals surface area contributed by atoms with Crippen molar-refractivity contribution in [3.8, 4) is 0 Å². The maximum Gasteiger partial charge on any atom is 0.254 e. The van der Waals surface area contributed by atoms with Crippen LogP contribution in [0.4, 0.5) is 5.69 Å². The molecule has 1 fully saturated rings. The molecule has 0 aliphatic carbocycles. The third-order valence-electron chi connectivity index (χ3n) is 3.99. The van der Waals surface area contributed by atoms with E-state index in [0.717, 1.165) is 36.4 Å². The first kappa shape index (κ1) is 14.9. The van der Waals surface area contributed by atoms with E-state index in [9.17, 15) is 4.79 Å². The molecule has 1 aromatic carbocycles. The van der Waals surface area contributed by atoms with Gasteiger partial charge in [-0.25, -0.2) is 0 Å². The number of hydrogen-bond donors (Lipinski definition) is 1. The van der Waals surface area contributed by atoms with Crippen LogP contribution < -0.4 is 5.32 Å². The van der Waals surface area contributed by atoms with Gasteiger partial charge in [-0.05, 0) is 55.9 Å².